The molecular weight excluding hydrogens is 328 g/mol. The Hall–Kier alpha value is -2.99. The number of rotatable bonds is 3. The van der Waals surface area contributed by atoms with Gasteiger partial charge in [0.15, 0.2) is 17.3 Å². The van der Waals surface area contributed by atoms with E-state index in [2.05, 4.69) is 20.9 Å². The lowest BCUT2D eigenvalue weighted by Crippen LogP contribution is -2.31. The third kappa shape index (κ3) is 2.78. The molecule has 130 valence electrons. The first kappa shape index (κ1) is 15.3. The molecular formula is C20H18N4O2. The van der Waals surface area contributed by atoms with E-state index in [1.54, 1.807) is 12.4 Å². The van der Waals surface area contributed by atoms with Crippen LogP contribution in [0.2, 0.25) is 0 Å². The van der Waals surface area contributed by atoms with Gasteiger partial charge in [-0.1, -0.05) is 12.1 Å². The lowest BCUT2D eigenvalue weighted by Gasteiger charge is -2.28. The van der Waals surface area contributed by atoms with E-state index in [4.69, 9.17) is 14.5 Å². The van der Waals surface area contributed by atoms with Gasteiger partial charge in [0, 0.05) is 61.3 Å². The Bertz CT molecular complexity index is 946. The number of pyridine rings is 1. The molecule has 6 nitrogen and oxygen atoms in total. The number of benzene rings is 1. The molecule has 0 fully saturated rings. The predicted octanol–water partition coefficient (Wildman–Crippen LogP) is 2.83. The molecule has 0 N–H and O–H groups in total. The van der Waals surface area contributed by atoms with Gasteiger partial charge in [-0.15, -0.1) is 0 Å². The summed E-state index contributed by atoms with van der Waals surface area (Å²) in [5.41, 5.74) is 4.50. The van der Waals surface area contributed by atoms with Crippen LogP contribution in [-0.2, 0) is 19.5 Å². The monoisotopic (exact) mass is 346 g/mol. The van der Waals surface area contributed by atoms with Gasteiger partial charge in [-0.25, -0.2) is 9.97 Å². The summed E-state index contributed by atoms with van der Waals surface area (Å²) >= 11 is 0. The van der Waals surface area contributed by atoms with Crippen molar-refractivity contribution in [3.63, 3.8) is 0 Å². The van der Waals surface area contributed by atoms with Crippen LogP contribution in [0.5, 0.6) is 11.5 Å². The molecule has 2 aromatic heterocycles. The van der Waals surface area contributed by atoms with E-state index in [0.29, 0.717) is 6.79 Å². The van der Waals surface area contributed by atoms with E-state index in [1.165, 1.54) is 5.56 Å². The molecule has 0 saturated carbocycles. The molecule has 0 unspecified atom stereocenters. The standard InChI is InChI=1S/C20H18N4O2/c1-2-15(19-18(3-1)25-13-26-19)11-24-9-6-17-16(12-24)10-22-20(23-17)14-4-7-21-8-5-14/h1-5,7-8,10H,6,9,11-13H2. The number of nitrogens with zero attached hydrogens (tertiary/aromatic N) is 4. The molecule has 0 amide bonds. The summed E-state index contributed by atoms with van der Waals surface area (Å²) in [6.07, 6.45) is 6.41. The predicted molar refractivity (Wildman–Crippen MR) is 95.6 cm³/mol. The molecule has 0 bridgehead atoms. The van der Waals surface area contributed by atoms with Gasteiger partial charge in [0.1, 0.15) is 0 Å². The lowest BCUT2D eigenvalue weighted by molar-refractivity contribution is 0.171. The highest BCUT2D eigenvalue weighted by Crippen LogP contribution is 2.36. The fourth-order valence-corrected chi connectivity index (χ4v) is 3.51. The van der Waals surface area contributed by atoms with Crippen LogP contribution in [0.4, 0.5) is 0 Å². The highest BCUT2D eigenvalue weighted by Gasteiger charge is 2.22. The summed E-state index contributed by atoms with van der Waals surface area (Å²) in [4.78, 5) is 15.8. The third-order valence-corrected chi connectivity index (χ3v) is 4.82. The van der Waals surface area contributed by atoms with Crippen LogP contribution in [0.25, 0.3) is 11.4 Å². The van der Waals surface area contributed by atoms with E-state index in [9.17, 15) is 0 Å². The minimum Gasteiger partial charge on any atom is -0.454 e. The second-order valence-electron chi connectivity index (χ2n) is 6.51. The van der Waals surface area contributed by atoms with Crippen LogP contribution in [-0.4, -0.2) is 33.2 Å². The molecule has 0 aliphatic carbocycles. The smallest absolute Gasteiger partial charge is 0.231 e. The van der Waals surface area contributed by atoms with Gasteiger partial charge in [0.25, 0.3) is 0 Å². The molecule has 26 heavy (non-hydrogen) atoms. The van der Waals surface area contributed by atoms with Crippen LogP contribution in [0.15, 0.2) is 48.9 Å². The van der Waals surface area contributed by atoms with E-state index >= 15 is 0 Å². The minimum absolute atomic E-state index is 0.306. The Labute approximate surface area is 151 Å². The molecule has 3 aromatic rings. The normalized spacial score (nSPS) is 15.7. The average Bonchev–Trinajstić information content (AvgIpc) is 3.18. The van der Waals surface area contributed by atoms with Crippen LogP contribution in [0, 0.1) is 0 Å². The Balaban J connectivity index is 1.35. The number of para-hydroxylation sites is 1. The first-order valence-corrected chi connectivity index (χ1v) is 8.72. The summed E-state index contributed by atoms with van der Waals surface area (Å²) in [7, 11) is 0. The lowest BCUT2D eigenvalue weighted by atomic mass is 10.1. The highest BCUT2D eigenvalue weighted by molar-refractivity contribution is 5.54. The largest absolute Gasteiger partial charge is 0.454 e. The second-order valence-corrected chi connectivity index (χ2v) is 6.51. The molecule has 2 aliphatic rings. The molecule has 0 saturated heterocycles. The van der Waals surface area contributed by atoms with Crippen molar-refractivity contribution in [3.8, 4) is 22.9 Å². The Morgan fingerprint density at radius 2 is 2.00 bits per heavy atom. The van der Waals surface area contributed by atoms with Crippen molar-refractivity contribution < 1.29 is 9.47 Å². The van der Waals surface area contributed by atoms with Crippen molar-refractivity contribution in [2.75, 3.05) is 13.3 Å². The first-order valence-electron chi connectivity index (χ1n) is 8.72. The Kier molecular flexibility index (Phi) is 3.75. The number of aromatic nitrogens is 3. The van der Waals surface area contributed by atoms with E-state index in [0.717, 1.165) is 60.2 Å². The Morgan fingerprint density at radius 1 is 1.08 bits per heavy atom. The second kappa shape index (κ2) is 6.38. The number of hydrogen-bond acceptors (Lipinski definition) is 6. The van der Waals surface area contributed by atoms with E-state index in [-0.39, 0.29) is 0 Å². The van der Waals surface area contributed by atoms with Crippen LogP contribution < -0.4 is 9.47 Å². The van der Waals surface area contributed by atoms with Gasteiger partial charge < -0.3 is 9.47 Å². The van der Waals surface area contributed by atoms with Gasteiger partial charge in [-0.3, -0.25) is 9.88 Å². The Morgan fingerprint density at radius 3 is 2.92 bits per heavy atom. The highest BCUT2D eigenvalue weighted by atomic mass is 16.7. The quantitative estimate of drug-likeness (QED) is 0.727. The fraction of sp³-hybridized carbons (Fsp3) is 0.250. The van der Waals surface area contributed by atoms with Crippen molar-refractivity contribution in [1.82, 2.24) is 19.9 Å². The summed E-state index contributed by atoms with van der Waals surface area (Å²) in [5, 5.41) is 0. The van der Waals surface area contributed by atoms with Gasteiger partial charge in [0.05, 0.1) is 5.69 Å². The molecule has 4 heterocycles. The molecule has 0 spiro atoms. The fourth-order valence-electron chi connectivity index (χ4n) is 3.51. The van der Waals surface area contributed by atoms with Gasteiger partial charge >= 0.3 is 0 Å². The third-order valence-electron chi connectivity index (χ3n) is 4.82. The molecule has 2 aliphatic heterocycles. The van der Waals surface area contributed by atoms with Crippen LogP contribution in [0.3, 0.4) is 0 Å². The zero-order chi connectivity index (χ0) is 17.3. The van der Waals surface area contributed by atoms with Gasteiger partial charge in [-0.05, 0) is 18.2 Å². The molecule has 0 radical (unpaired) electrons. The first-order chi connectivity index (χ1) is 12.9. The maximum Gasteiger partial charge on any atom is 0.231 e. The van der Waals surface area contributed by atoms with Crippen molar-refractivity contribution in [2.45, 2.75) is 19.5 Å². The summed E-state index contributed by atoms with van der Waals surface area (Å²) in [6.45, 7) is 2.94. The summed E-state index contributed by atoms with van der Waals surface area (Å²) < 4.78 is 11.1. The number of ether oxygens (including phenoxy) is 2. The zero-order valence-electron chi connectivity index (χ0n) is 14.3. The van der Waals surface area contributed by atoms with Crippen molar-refractivity contribution >= 4 is 0 Å². The van der Waals surface area contributed by atoms with E-state index in [1.807, 2.05) is 30.5 Å². The van der Waals surface area contributed by atoms with Crippen molar-refractivity contribution in [1.29, 1.82) is 0 Å². The molecule has 0 atom stereocenters. The number of hydrogen-bond donors (Lipinski definition) is 0. The topological polar surface area (TPSA) is 60.4 Å². The van der Waals surface area contributed by atoms with Crippen molar-refractivity contribution in [3.05, 3.63) is 65.7 Å². The van der Waals surface area contributed by atoms with Crippen LogP contribution in [0.1, 0.15) is 16.8 Å². The maximum atomic E-state index is 5.63. The maximum absolute atomic E-state index is 5.63. The molecule has 1 aromatic carbocycles. The van der Waals surface area contributed by atoms with Gasteiger partial charge in [-0.2, -0.15) is 0 Å². The average molecular weight is 346 g/mol. The van der Waals surface area contributed by atoms with Crippen LogP contribution >= 0.6 is 0 Å². The minimum atomic E-state index is 0.306. The zero-order valence-corrected chi connectivity index (χ0v) is 14.3. The van der Waals surface area contributed by atoms with E-state index < -0.39 is 0 Å². The van der Waals surface area contributed by atoms with Crippen molar-refractivity contribution in [2.24, 2.45) is 0 Å². The SMILES string of the molecule is c1cc(CN2CCc3nc(-c4ccncc4)ncc3C2)c2c(c1)OCO2. The number of fused-ring (bicyclic) bond motifs is 2. The molecule has 6 heteroatoms. The van der Waals surface area contributed by atoms with Gasteiger partial charge in [0.2, 0.25) is 6.79 Å². The summed E-state index contributed by atoms with van der Waals surface area (Å²) in [6, 6.07) is 9.95. The molecule has 5 rings (SSSR count). The summed E-state index contributed by atoms with van der Waals surface area (Å²) in [5.74, 6) is 2.49.